The summed E-state index contributed by atoms with van der Waals surface area (Å²) in [5.41, 5.74) is 1.30. The van der Waals surface area contributed by atoms with Crippen molar-refractivity contribution in [3.63, 3.8) is 0 Å². The van der Waals surface area contributed by atoms with Crippen LogP contribution in [0.2, 0.25) is 0 Å². The zero-order valence-electron chi connectivity index (χ0n) is 17.0. The molecular formula is C21H26N2O6S. The van der Waals surface area contributed by atoms with Gasteiger partial charge in [0.05, 0.1) is 5.75 Å². The molecule has 0 bridgehead atoms. The Kier molecular flexibility index (Phi) is 9.73. The van der Waals surface area contributed by atoms with Gasteiger partial charge in [0.1, 0.15) is 11.4 Å². The monoisotopic (exact) mass is 434 g/mol. The molecule has 0 aromatic heterocycles. The Bertz CT molecular complexity index is 968. The maximum atomic E-state index is 12.3. The van der Waals surface area contributed by atoms with Gasteiger partial charge < -0.3 is 15.7 Å². The van der Waals surface area contributed by atoms with Gasteiger partial charge in [-0.15, -0.1) is 0 Å². The lowest BCUT2D eigenvalue weighted by molar-refractivity contribution is -0.118. The number of carbonyl (C=O) groups is 2. The zero-order chi connectivity index (χ0) is 22.7. The molecule has 0 saturated carbocycles. The highest BCUT2D eigenvalue weighted by atomic mass is 32.2. The Morgan fingerprint density at radius 3 is 2.03 bits per heavy atom. The minimum Gasteiger partial charge on any atom is -0.508 e. The van der Waals surface area contributed by atoms with E-state index in [4.69, 9.17) is 4.55 Å². The number of aromatic hydroxyl groups is 1. The molecule has 0 heterocycles. The summed E-state index contributed by atoms with van der Waals surface area (Å²) in [5, 5.41) is 14.8. The molecule has 2 amide bonds. The van der Waals surface area contributed by atoms with Crippen molar-refractivity contribution in [2.24, 2.45) is 0 Å². The van der Waals surface area contributed by atoms with Crippen LogP contribution in [0.15, 0.2) is 60.3 Å². The standard InChI is InChI=1S/C19H20N2O3.C2H6O3S/c1-13(2)20-19(24)17(12-14-8-10-16(22)11-9-14)21-18(23)15-6-4-3-5-7-15;1-2-6(3,4)5/h3-13,22H,1-2H3,(H,20,24)(H,21,23);2H2,1H3,(H,3,4,5). The lowest BCUT2D eigenvalue weighted by Crippen LogP contribution is -2.38. The van der Waals surface area contributed by atoms with E-state index in [1.807, 2.05) is 19.9 Å². The van der Waals surface area contributed by atoms with Gasteiger partial charge in [0.25, 0.3) is 21.9 Å². The Labute approximate surface area is 176 Å². The second-order valence-electron chi connectivity index (χ2n) is 6.47. The third kappa shape index (κ3) is 9.85. The van der Waals surface area contributed by atoms with Gasteiger partial charge >= 0.3 is 0 Å². The molecule has 30 heavy (non-hydrogen) atoms. The Hall–Kier alpha value is -3.17. The van der Waals surface area contributed by atoms with E-state index in [1.54, 1.807) is 42.5 Å². The van der Waals surface area contributed by atoms with Crippen LogP contribution in [0.25, 0.3) is 6.08 Å². The minimum atomic E-state index is -3.66. The Morgan fingerprint density at radius 1 is 1.03 bits per heavy atom. The summed E-state index contributed by atoms with van der Waals surface area (Å²) in [7, 11) is -3.66. The number of benzene rings is 2. The van der Waals surface area contributed by atoms with E-state index in [1.165, 1.54) is 19.1 Å². The van der Waals surface area contributed by atoms with Gasteiger partial charge in [0.2, 0.25) is 0 Å². The number of carbonyl (C=O) groups excluding carboxylic acids is 2. The highest BCUT2D eigenvalue weighted by Gasteiger charge is 2.15. The van der Waals surface area contributed by atoms with Crippen LogP contribution in [-0.4, -0.2) is 41.7 Å². The van der Waals surface area contributed by atoms with Crippen molar-refractivity contribution in [1.82, 2.24) is 10.6 Å². The molecule has 2 aromatic rings. The van der Waals surface area contributed by atoms with Crippen LogP contribution in [0.1, 0.15) is 36.7 Å². The third-order valence-electron chi connectivity index (χ3n) is 3.52. The average Bonchev–Trinajstić information content (AvgIpc) is 2.69. The van der Waals surface area contributed by atoms with Gasteiger partial charge in [-0.1, -0.05) is 30.3 Å². The fraction of sp³-hybridized carbons (Fsp3) is 0.238. The normalized spacial score (nSPS) is 11.3. The molecule has 0 unspecified atom stereocenters. The minimum absolute atomic E-state index is 0.0608. The van der Waals surface area contributed by atoms with Crippen LogP contribution in [0.4, 0.5) is 0 Å². The van der Waals surface area contributed by atoms with Gasteiger partial charge in [0.15, 0.2) is 0 Å². The van der Waals surface area contributed by atoms with Crippen LogP contribution >= 0.6 is 0 Å². The summed E-state index contributed by atoms with van der Waals surface area (Å²) in [6, 6.07) is 15.0. The van der Waals surface area contributed by atoms with Crippen LogP contribution in [0, 0.1) is 0 Å². The summed E-state index contributed by atoms with van der Waals surface area (Å²) in [4.78, 5) is 24.7. The van der Waals surface area contributed by atoms with Crippen molar-refractivity contribution in [3.8, 4) is 5.75 Å². The Balaban J connectivity index is 0.000000656. The number of nitrogens with one attached hydrogen (secondary N) is 2. The Morgan fingerprint density at radius 2 is 1.57 bits per heavy atom. The summed E-state index contributed by atoms with van der Waals surface area (Å²) < 4.78 is 26.9. The van der Waals surface area contributed by atoms with Crippen LogP contribution in [-0.2, 0) is 14.9 Å². The summed E-state index contributed by atoms with van der Waals surface area (Å²) in [6.45, 7) is 5.06. The number of phenols is 1. The molecule has 0 aliphatic heterocycles. The lowest BCUT2D eigenvalue weighted by Gasteiger charge is -2.13. The van der Waals surface area contributed by atoms with E-state index >= 15 is 0 Å². The van der Waals surface area contributed by atoms with Crippen molar-refractivity contribution >= 4 is 28.0 Å². The first-order valence-corrected chi connectivity index (χ1v) is 10.8. The highest BCUT2D eigenvalue weighted by Crippen LogP contribution is 2.13. The molecule has 0 atom stereocenters. The first-order valence-electron chi connectivity index (χ1n) is 9.15. The smallest absolute Gasteiger partial charge is 0.268 e. The lowest BCUT2D eigenvalue weighted by atomic mass is 10.1. The molecule has 0 saturated heterocycles. The molecule has 2 rings (SSSR count). The van der Waals surface area contributed by atoms with Crippen molar-refractivity contribution < 1.29 is 27.7 Å². The van der Waals surface area contributed by atoms with Gasteiger partial charge in [-0.25, -0.2) is 0 Å². The molecule has 0 aliphatic carbocycles. The van der Waals surface area contributed by atoms with E-state index in [0.29, 0.717) is 11.1 Å². The van der Waals surface area contributed by atoms with Gasteiger partial charge in [-0.3, -0.25) is 14.1 Å². The van der Waals surface area contributed by atoms with E-state index in [2.05, 4.69) is 10.6 Å². The summed E-state index contributed by atoms with van der Waals surface area (Å²) >= 11 is 0. The molecule has 2 aromatic carbocycles. The van der Waals surface area contributed by atoms with E-state index in [-0.39, 0.29) is 35.1 Å². The summed E-state index contributed by atoms with van der Waals surface area (Å²) in [6.07, 6.45) is 1.57. The fourth-order valence-electron chi connectivity index (χ4n) is 2.02. The first kappa shape index (κ1) is 24.9. The number of rotatable bonds is 6. The quantitative estimate of drug-likeness (QED) is 0.408. The topological polar surface area (TPSA) is 133 Å². The summed E-state index contributed by atoms with van der Waals surface area (Å²) in [5.74, 6) is -0.803. The van der Waals surface area contributed by atoms with Gasteiger partial charge in [-0.2, -0.15) is 8.42 Å². The first-order chi connectivity index (χ1) is 14.0. The molecule has 9 heteroatoms. The zero-order valence-corrected chi connectivity index (χ0v) is 17.8. The molecule has 0 aliphatic rings. The number of phenolic OH excluding ortho intramolecular Hbond substituents is 1. The van der Waals surface area contributed by atoms with E-state index in [9.17, 15) is 23.1 Å². The number of hydrogen-bond acceptors (Lipinski definition) is 5. The third-order valence-corrected chi connectivity index (χ3v) is 4.25. The molecule has 0 spiro atoms. The average molecular weight is 435 g/mol. The molecule has 162 valence electrons. The maximum Gasteiger partial charge on any atom is 0.268 e. The predicted molar refractivity (Wildman–Crippen MR) is 115 cm³/mol. The van der Waals surface area contributed by atoms with Gasteiger partial charge in [0, 0.05) is 11.6 Å². The van der Waals surface area contributed by atoms with E-state index < -0.39 is 10.1 Å². The largest absolute Gasteiger partial charge is 0.508 e. The second kappa shape index (κ2) is 11.7. The maximum absolute atomic E-state index is 12.3. The van der Waals surface area contributed by atoms with Crippen molar-refractivity contribution in [2.45, 2.75) is 26.8 Å². The number of hydrogen-bond donors (Lipinski definition) is 4. The van der Waals surface area contributed by atoms with E-state index in [0.717, 1.165) is 0 Å². The highest BCUT2D eigenvalue weighted by molar-refractivity contribution is 7.85. The molecule has 0 radical (unpaired) electrons. The second-order valence-corrected chi connectivity index (χ2v) is 8.21. The number of amides is 2. The fourth-order valence-corrected chi connectivity index (χ4v) is 2.02. The van der Waals surface area contributed by atoms with Crippen molar-refractivity contribution in [2.75, 3.05) is 5.75 Å². The molecular weight excluding hydrogens is 408 g/mol. The predicted octanol–water partition coefficient (Wildman–Crippen LogP) is 2.58. The van der Waals surface area contributed by atoms with Crippen LogP contribution < -0.4 is 10.6 Å². The van der Waals surface area contributed by atoms with Gasteiger partial charge in [-0.05, 0) is 56.7 Å². The molecule has 4 N–H and O–H groups in total. The van der Waals surface area contributed by atoms with Crippen LogP contribution in [0.5, 0.6) is 5.75 Å². The van der Waals surface area contributed by atoms with Crippen molar-refractivity contribution in [3.05, 3.63) is 71.4 Å². The van der Waals surface area contributed by atoms with Crippen molar-refractivity contribution in [1.29, 1.82) is 0 Å². The molecule has 0 fully saturated rings. The van der Waals surface area contributed by atoms with Crippen LogP contribution in [0.3, 0.4) is 0 Å². The SMILES string of the molecule is CC(C)NC(=O)C(=Cc1ccc(O)cc1)NC(=O)c1ccccc1.CCS(=O)(=O)O. The molecule has 8 nitrogen and oxygen atoms in total.